The SMILES string of the molecule is CN(C)[C@H](CNC(=O)Cn1ccc(=O)n(C)c1=O)c1ccsc1. The minimum atomic E-state index is -0.505. The van der Waals surface area contributed by atoms with Crippen molar-refractivity contribution in [2.75, 3.05) is 20.6 Å². The summed E-state index contributed by atoms with van der Waals surface area (Å²) in [6.07, 6.45) is 1.34. The molecule has 124 valence electrons. The Labute approximate surface area is 137 Å². The molecule has 0 aliphatic rings. The predicted octanol–water partition coefficient (Wildman–Crippen LogP) is 0.0276. The molecular weight excluding hydrogens is 316 g/mol. The van der Waals surface area contributed by atoms with Gasteiger partial charge < -0.3 is 10.2 Å². The molecule has 0 aliphatic heterocycles. The molecule has 2 heterocycles. The summed E-state index contributed by atoms with van der Waals surface area (Å²) in [5, 5.41) is 6.89. The molecule has 0 aliphatic carbocycles. The third kappa shape index (κ3) is 4.17. The number of nitrogens with zero attached hydrogens (tertiary/aromatic N) is 3. The zero-order valence-corrected chi connectivity index (χ0v) is 14.2. The van der Waals surface area contributed by atoms with Crippen molar-refractivity contribution in [1.82, 2.24) is 19.4 Å². The van der Waals surface area contributed by atoms with E-state index >= 15 is 0 Å². The zero-order valence-electron chi connectivity index (χ0n) is 13.4. The van der Waals surface area contributed by atoms with Gasteiger partial charge in [0.05, 0.1) is 6.04 Å². The first-order valence-electron chi connectivity index (χ1n) is 7.12. The molecule has 8 heteroatoms. The highest BCUT2D eigenvalue weighted by molar-refractivity contribution is 7.07. The third-order valence-corrected chi connectivity index (χ3v) is 4.32. The zero-order chi connectivity index (χ0) is 17.0. The average Bonchev–Trinajstić information content (AvgIpc) is 3.02. The van der Waals surface area contributed by atoms with Crippen molar-refractivity contribution in [3.05, 3.63) is 55.5 Å². The van der Waals surface area contributed by atoms with Crippen molar-refractivity contribution < 1.29 is 4.79 Å². The van der Waals surface area contributed by atoms with E-state index in [1.54, 1.807) is 11.3 Å². The lowest BCUT2D eigenvalue weighted by Gasteiger charge is -2.24. The molecule has 0 fully saturated rings. The number of amides is 1. The lowest BCUT2D eigenvalue weighted by atomic mass is 10.1. The number of nitrogens with one attached hydrogen (secondary N) is 1. The van der Waals surface area contributed by atoms with Crippen molar-refractivity contribution in [1.29, 1.82) is 0 Å². The molecule has 0 bridgehead atoms. The van der Waals surface area contributed by atoms with Crippen molar-refractivity contribution in [2.24, 2.45) is 7.05 Å². The van der Waals surface area contributed by atoms with E-state index in [-0.39, 0.29) is 18.5 Å². The van der Waals surface area contributed by atoms with E-state index in [4.69, 9.17) is 0 Å². The fourth-order valence-electron chi connectivity index (χ4n) is 2.22. The highest BCUT2D eigenvalue weighted by atomic mass is 32.1. The smallest absolute Gasteiger partial charge is 0.331 e. The standard InChI is InChI=1S/C15H20N4O3S/c1-17(2)12(11-5-7-23-10-11)8-16-13(20)9-19-6-4-14(21)18(3)15(19)22/h4-7,10,12H,8-9H2,1-3H3,(H,16,20)/t12-/m1/s1. The van der Waals surface area contributed by atoms with E-state index in [9.17, 15) is 14.4 Å². The molecule has 0 radical (unpaired) electrons. The summed E-state index contributed by atoms with van der Waals surface area (Å²) in [4.78, 5) is 37.4. The Balaban J connectivity index is 2.01. The molecule has 2 aromatic heterocycles. The van der Waals surface area contributed by atoms with Crippen LogP contribution in [0.4, 0.5) is 0 Å². The Morgan fingerprint density at radius 1 is 1.35 bits per heavy atom. The molecule has 7 nitrogen and oxygen atoms in total. The maximum Gasteiger partial charge on any atom is 0.331 e. The van der Waals surface area contributed by atoms with Gasteiger partial charge >= 0.3 is 5.69 Å². The lowest BCUT2D eigenvalue weighted by molar-refractivity contribution is -0.121. The number of aromatic nitrogens is 2. The van der Waals surface area contributed by atoms with Crippen LogP contribution in [0.5, 0.6) is 0 Å². The van der Waals surface area contributed by atoms with Crippen molar-refractivity contribution in [2.45, 2.75) is 12.6 Å². The number of carbonyl (C=O) groups excluding carboxylic acids is 1. The Morgan fingerprint density at radius 3 is 2.70 bits per heavy atom. The number of hydrogen-bond acceptors (Lipinski definition) is 5. The first kappa shape index (κ1) is 17.2. The molecule has 1 atom stereocenters. The summed E-state index contributed by atoms with van der Waals surface area (Å²) in [6, 6.07) is 3.36. The maximum absolute atomic E-state index is 12.1. The molecule has 23 heavy (non-hydrogen) atoms. The summed E-state index contributed by atoms with van der Waals surface area (Å²) in [7, 11) is 5.29. The summed E-state index contributed by atoms with van der Waals surface area (Å²) in [5.41, 5.74) is 0.242. The summed E-state index contributed by atoms with van der Waals surface area (Å²) in [6.45, 7) is 0.333. The topological polar surface area (TPSA) is 76.3 Å². The van der Waals surface area contributed by atoms with Crippen molar-refractivity contribution in [3.63, 3.8) is 0 Å². The maximum atomic E-state index is 12.1. The van der Waals surface area contributed by atoms with Gasteiger partial charge in [0.25, 0.3) is 5.56 Å². The van der Waals surface area contributed by atoms with Crippen LogP contribution < -0.4 is 16.6 Å². The summed E-state index contributed by atoms with van der Waals surface area (Å²) < 4.78 is 2.19. The Kier molecular flexibility index (Phi) is 5.51. The molecule has 1 amide bonds. The fourth-order valence-corrected chi connectivity index (χ4v) is 2.93. The Morgan fingerprint density at radius 2 is 2.09 bits per heavy atom. The van der Waals surface area contributed by atoms with Crippen LogP contribution in [0.3, 0.4) is 0 Å². The molecule has 0 unspecified atom stereocenters. The van der Waals surface area contributed by atoms with Gasteiger partial charge in [0.15, 0.2) is 0 Å². The lowest BCUT2D eigenvalue weighted by Crippen LogP contribution is -2.41. The highest BCUT2D eigenvalue weighted by Crippen LogP contribution is 2.19. The average molecular weight is 336 g/mol. The van der Waals surface area contributed by atoms with Crippen LogP contribution in [0.15, 0.2) is 38.7 Å². The predicted molar refractivity (Wildman–Crippen MR) is 89.7 cm³/mol. The van der Waals surface area contributed by atoms with Crippen LogP contribution in [-0.4, -0.2) is 40.6 Å². The Hall–Kier alpha value is -2.19. The number of hydrogen-bond donors (Lipinski definition) is 1. The van der Waals surface area contributed by atoms with Crippen LogP contribution in [-0.2, 0) is 18.4 Å². The molecule has 0 aromatic carbocycles. The third-order valence-electron chi connectivity index (χ3n) is 3.62. The molecule has 0 saturated heterocycles. The second-order valence-electron chi connectivity index (χ2n) is 5.46. The van der Waals surface area contributed by atoms with Gasteiger partial charge in [0.2, 0.25) is 5.91 Å². The summed E-state index contributed by atoms with van der Waals surface area (Å²) in [5.74, 6) is -0.271. The number of rotatable bonds is 6. The molecule has 0 saturated carbocycles. The van der Waals surface area contributed by atoms with E-state index in [2.05, 4.69) is 5.32 Å². The largest absolute Gasteiger partial charge is 0.353 e. The van der Waals surface area contributed by atoms with E-state index in [0.29, 0.717) is 6.54 Å². The summed E-state index contributed by atoms with van der Waals surface area (Å²) >= 11 is 1.61. The molecule has 0 spiro atoms. The van der Waals surface area contributed by atoms with E-state index < -0.39 is 11.2 Å². The molecule has 2 aromatic rings. The van der Waals surface area contributed by atoms with Crippen molar-refractivity contribution >= 4 is 17.2 Å². The second-order valence-corrected chi connectivity index (χ2v) is 6.24. The quantitative estimate of drug-likeness (QED) is 0.807. The second kappa shape index (κ2) is 7.38. The minimum absolute atomic E-state index is 0.0713. The van der Waals surface area contributed by atoms with Gasteiger partial charge in [-0.25, -0.2) is 4.79 Å². The highest BCUT2D eigenvalue weighted by Gasteiger charge is 2.16. The first-order valence-corrected chi connectivity index (χ1v) is 8.06. The van der Waals surface area contributed by atoms with Crippen LogP contribution >= 0.6 is 11.3 Å². The van der Waals surface area contributed by atoms with Crippen molar-refractivity contribution in [3.8, 4) is 0 Å². The number of thiophene rings is 1. The van der Waals surface area contributed by atoms with Gasteiger partial charge in [0, 0.05) is 25.9 Å². The number of likely N-dealkylation sites (N-methyl/N-ethyl adjacent to an activating group) is 1. The first-order chi connectivity index (χ1) is 10.9. The normalized spacial score (nSPS) is 12.3. The van der Waals surface area contributed by atoms with Crippen LogP contribution in [0.2, 0.25) is 0 Å². The molecule has 2 rings (SSSR count). The van der Waals surface area contributed by atoms with E-state index in [0.717, 1.165) is 10.1 Å². The monoisotopic (exact) mass is 336 g/mol. The van der Waals surface area contributed by atoms with Crippen LogP contribution in [0.25, 0.3) is 0 Å². The minimum Gasteiger partial charge on any atom is -0.353 e. The fraction of sp³-hybridized carbons (Fsp3) is 0.400. The van der Waals surface area contributed by atoms with Crippen LogP contribution in [0.1, 0.15) is 11.6 Å². The van der Waals surface area contributed by atoms with Gasteiger partial charge in [-0.3, -0.25) is 18.7 Å². The number of carbonyl (C=O) groups is 1. The molecular formula is C15H20N4O3S. The Bertz CT molecular complexity index is 777. The van der Waals surface area contributed by atoms with E-state index in [1.807, 2.05) is 35.8 Å². The van der Waals surface area contributed by atoms with Gasteiger partial charge in [0.1, 0.15) is 6.54 Å². The van der Waals surface area contributed by atoms with E-state index in [1.165, 1.54) is 23.9 Å². The van der Waals surface area contributed by atoms with Crippen LogP contribution in [0, 0.1) is 0 Å². The van der Waals surface area contributed by atoms with Gasteiger partial charge in [-0.05, 0) is 36.5 Å². The van der Waals surface area contributed by atoms with Gasteiger partial charge in [-0.1, -0.05) is 0 Å². The van der Waals surface area contributed by atoms with Gasteiger partial charge in [-0.2, -0.15) is 11.3 Å². The van der Waals surface area contributed by atoms with Gasteiger partial charge in [-0.15, -0.1) is 0 Å². The molecule has 1 N–H and O–H groups in total.